The fourth-order valence-electron chi connectivity index (χ4n) is 3.71. The van der Waals surface area contributed by atoms with Crippen LogP contribution in [0.3, 0.4) is 0 Å². The number of benzene rings is 1. The third-order valence-corrected chi connectivity index (χ3v) is 4.84. The van der Waals surface area contributed by atoms with Gasteiger partial charge >= 0.3 is 0 Å². The van der Waals surface area contributed by atoms with Gasteiger partial charge in [-0.1, -0.05) is 44.5 Å². The molecule has 2 aliphatic carbocycles. The largest absolute Gasteiger partial charge is 0.309 e. The molecule has 0 radical (unpaired) electrons. The van der Waals surface area contributed by atoms with E-state index >= 15 is 0 Å². The number of unbranched alkanes of at least 4 members (excludes halogenated alkanes) is 1. The summed E-state index contributed by atoms with van der Waals surface area (Å²) in [6.07, 6.45) is 6.69. The Hall–Kier alpha value is -0.860. The molecule has 1 aromatic rings. The second-order valence-corrected chi connectivity index (χ2v) is 6.33. The lowest BCUT2D eigenvalue weighted by molar-refractivity contribution is 0.155. The molecule has 0 spiro atoms. The molecule has 2 unspecified atom stereocenters. The minimum atomic E-state index is 0.536. The molecule has 0 aliphatic heterocycles. The fourth-order valence-corrected chi connectivity index (χ4v) is 3.71. The van der Waals surface area contributed by atoms with Gasteiger partial charge < -0.3 is 5.32 Å². The van der Waals surface area contributed by atoms with Crippen molar-refractivity contribution in [1.29, 1.82) is 0 Å². The normalized spacial score (nSPS) is 25.1. The molecule has 0 aromatic heterocycles. The van der Waals surface area contributed by atoms with Gasteiger partial charge in [0.25, 0.3) is 0 Å². The molecule has 1 saturated carbocycles. The predicted octanol–water partition coefficient (Wildman–Crippen LogP) is 3.53. The molecule has 3 rings (SSSR count). The molecule has 110 valence electrons. The van der Waals surface area contributed by atoms with Crippen molar-refractivity contribution < 1.29 is 0 Å². The summed E-state index contributed by atoms with van der Waals surface area (Å²) in [6, 6.07) is 11.1. The van der Waals surface area contributed by atoms with Crippen LogP contribution in [0, 0.1) is 0 Å². The lowest BCUT2D eigenvalue weighted by Crippen LogP contribution is -2.44. The van der Waals surface area contributed by atoms with Crippen LogP contribution in [0.2, 0.25) is 0 Å². The van der Waals surface area contributed by atoms with Crippen LogP contribution in [0.25, 0.3) is 0 Å². The second kappa shape index (κ2) is 6.28. The van der Waals surface area contributed by atoms with E-state index in [0.717, 1.165) is 12.6 Å². The molecule has 20 heavy (non-hydrogen) atoms. The Morgan fingerprint density at radius 3 is 2.70 bits per heavy atom. The first kappa shape index (κ1) is 14.1. The Labute approximate surface area is 123 Å². The van der Waals surface area contributed by atoms with Gasteiger partial charge in [-0.3, -0.25) is 4.90 Å². The molecule has 1 N–H and O–H groups in total. The van der Waals surface area contributed by atoms with Crippen molar-refractivity contribution in [2.24, 2.45) is 0 Å². The van der Waals surface area contributed by atoms with Crippen LogP contribution >= 0.6 is 0 Å². The summed E-state index contributed by atoms with van der Waals surface area (Å²) in [5.41, 5.74) is 3.10. The molecule has 0 saturated heterocycles. The van der Waals surface area contributed by atoms with Crippen LogP contribution in [0.4, 0.5) is 0 Å². The van der Waals surface area contributed by atoms with Crippen LogP contribution in [0.15, 0.2) is 24.3 Å². The maximum absolute atomic E-state index is 3.75. The van der Waals surface area contributed by atoms with Gasteiger partial charge in [0, 0.05) is 18.1 Å². The van der Waals surface area contributed by atoms with Gasteiger partial charge in [0.15, 0.2) is 0 Å². The average molecular weight is 272 g/mol. The maximum Gasteiger partial charge on any atom is 0.0484 e. The van der Waals surface area contributed by atoms with E-state index in [4.69, 9.17) is 0 Å². The summed E-state index contributed by atoms with van der Waals surface area (Å²) in [5.74, 6) is 0. The molecular weight excluding hydrogens is 244 g/mol. The van der Waals surface area contributed by atoms with Crippen molar-refractivity contribution >= 4 is 0 Å². The zero-order valence-corrected chi connectivity index (χ0v) is 12.9. The number of nitrogens with one attached hydrogen (secondary N) is 1. The minimum absolute atomic E-state index is 0.536. The molecule has 0 bridgehead atoms. The van der Waals surface area contributed by atoms with Gasteiger partial charge in [-0.15, -0.1) is 0 Å². The van der Waals surface area contributed by atoms with Crippen molar-refractivity contribution in [3.63, 3.8) is 0 Å². The standard InChI is InChI=1S/C18H28N2/c1-3-5-12-20(15-10-11-15)17-13-14-8-6-7-9-16(14)18(17)19-4-2/h6-9,15,17-19H,3-5,10-13H2,1-2H3. The average Bonchev–Trinajstić information content (AvgIpc) is 3.24. The molecule has 1 fully saturated rings. The molecule has 2 atom stereocenters. The first-order valence-electron chi connectivity index (χ1n) is 8.42. The topological polar surface area (TPSA) is 15.3 Å². The maximum atomic E-state index is 3.75. The Bertz CT molecular complexity index is 439. The monoisotopic (exact) mass is 272 g/mol. The smallest absolute Gasteiger partial charge is 0.0484 e. The third kappa shape index (κ3) is 2.77. The van der Waals surface area contributed by atoms with E-state index in [2.05, 4.69) is 48.3 Å². The van der Waals surface area contributed by atoms with E-state index in [9.17, 15) is 0 Å². The van der Waals surface area contributed by atoms with E-state index < -0.39 is 0 Å². The quantitative estimate of drug-likeness (QED) is 0.817. The van der Waals surface area contributed by atoms with Crippen LogP contribution in [0.1, 0.15) is 56.7 Å². The van der Waals surface area contributed by atoms with Gasteiger partial charge in [-0.25, -0.2) is 0 Å². The van der Waals surface area contributed by atoms with E-state index in [1.54, 1.807) is 11.1 Å². The summed E-state index contributed by atoms with van der Waals surface area (Å²) < 4.78 is 0. The highest BCUT2D eigenvalue weighted by Gasteiger charge is 2.41. The van der Waals surface area contributed by atoms with Crippen LogP contribution in [0.5, 0.6) is 0 Å². The summed E-state index contributed by atoms with van der Waals surface area (Å²) in [6.45, 7) is 6.87. The molecule has 2 nitrogen and oxygen atoms in total. The lowest BCUT2D eigenvalue weighted by Gasteiger charge is -2.34. The summed E-state index contributed by atoms with van der Waals surface area (Å²) >= 11 is 0. The van der Waals surface area contributed by atoms with Crippen molar-refractivity contribution in [2.75, 3.05) is 13.1 Å². The van der Waals surface area contributed by atoms with Crippen LogP contribution < -0.4 is 5.32 Å². The number of rotatable bonds is 7. The first-order chi connectivity index (χ1) is 9.85. The number of likely N-dealkylation sites (N-methyl/N-ethyl adjacent to an activating group) is 1. The number of fused-ring (bicyclic) bond motifs is 1. The number of hydrogen-bond acceptors (Lipinski definition) is 2. The summed E-state index contributed by atoms with van der Waals surface area (Å²) in [7, 11) is 0. The van der Waals surface area contributed by atoms with Crippen molar-refractivity contribution in [3.8, 4) is 0 Å². The zero-order chi connectivity index (χ0) is 13.9. The van der Waals surface area contributed by atoms with Crippen LogP contribution in [-0.2, 0) is 6.42 Å². The lowest BCUT2D eigenvalue weighted by atomic mass is 10.1. The van der Waals surface area contributed by atoms with Crippen molar-refractivity contribution in [2.45, 2.75) is 64.1 Å². The van der Waals surface area contributed by atoms with Gasteiger partial charge in [-0.05, 0) is 49.9 Å². The second-order valence-electron chi connectivity index (χ2n) is 6.33. The summed E-state index contributed by atoms with van der Waals surface area (Å²) in [5, 5.41) is 3.75. The first-order valence-corrected chi connectivity index (χ1v) is 8.42. The minimum Gasteiger partial charge on any atom is -0.309 e. The molecule has 1 aromatic carbocycles. The van der Waals surface area contributed by atoms with Gasteiger partial charge in [0.1, 0.15) is 0 Å². The number of nitrogens with zero attached hydrogens (tertiary/aromatic N) is 1. The Morgan fingerprint density at radius 1 is 1.20 bits per heavy atom. The SMILES string of the molecule is CCCCN(C1CC1)C1Cc2ccccc2C1NCC. The molecule has 2 heteroatoms. The van der Waals surface area contributed by atoms with Gasteiger partial charge in [0.2, 0.25) is 0 Å². The van der Waals surface area contributed by atoms with E-state index in [0.29, 0.717) is 12.1 Å². The Kier molecular flexibility index (Phi) is 4.42. The van der Waals surface area contributed by atoms with Gasteiger partial charge in [-0.2, -0.15) is 0 Å². The number of hydrogen-bond donors (Lipinski definition) is 1. The van der Waals surface area contributed by atoms with E-state index in [-0.39, 0.29) is 0 Å². The van der Waals surface area contributed by atoms with E-state index in [1.165, 1.54) is 38.6 Å². The Balaban J connectivity index is 1.80. The highest BCUT2D eigenvalue weighted by atomic mass is 15.2. The zero-order valence-electron chi connectivity index (χ0n) is 12.9. The van der Waals surface area contributed by atoms with E-state index in [1.807, 2.05) is 0 Å². The highest BCUT2D eigenvalue weighted by Crippen LogP contribution is 2.39. The predicted molar refractivity (Wildman–Crippen MR) is 85.0 cm³/mol. The molecule has 0 heterocycles. The van der Waals surface area contributed by atoms with Gasteiger partial charge in [0.05, 0.1) is 0 Å². The molecule has 2 aliphatic rings. The molecule has 0 amide bonds. The molecular formula is C18H28N2. The van der Waals surface area contributed by atoms with Crippen molar-refractivity contribution in [3.05, 3.63) is 35.4 Å². The third-order valence-electron chi connectivity index (χ3n) is 4.84. The fraction of sp³-hybridized carbons (Fsp3) is 0.667. The van der Waals surface area contributed by atoms with Crippen molar-refractivity contribution in [1.82, 2.24) is 10.2 Å². The highest BCUT2D eigenvalue weighted by molar-refractivity contribution is 5.37. The summed E-state index contributed by atoms with van der Waals surface area (Å²) in [4.78, 5) is 2.82. The van der Waals surface area contributed by atoms with Crippen LogP contribution in [-0.4, -0.2) is 30.1 Å². The Morgan fingerprint density at radius 2 is 2.00 bits per heavy atom.